The van der Waals surface area contributed by atoms with Gasteiger partial charge in [0.05, 0.1) is 4.92 Å². The van der Waals surface area contributed by atoms with Crippen molar-refractivity contribution >= 4 is 35.3 Å². The highest BCUT2D eigenvalue weighted by atomic mass is 35.5. The van der Waals surface area contributed by atoms with Crippen molar-refractivity contribution in [2.75, 3.05) is 0 Å². The van der Waals surface area contributed by atoms with Gasteiger partial charge in [0.15, 0.2) is 0 Å². The Kier molecular flexibility index (Phi) is 4.77. The smallest absolute Gasteiger partial charge is 0.319 e. The van der Waals surface area contributed by atoms with Gasteiger partial charge in [-0.15, -0.1) is 0 Å². The summed E-state index contributed by atoms with van der Waals surface area (Å²) in [5.74, 6) is -1.00. The van der Waals surface area contributed by atoms with Crippen LogP contribution >= 0.6 is 11.6 Å². The minimum Gasteiger partial charge on any atom is -0.351 e. The Hall–Kier alpha value is -2.92. The lowest BCUT2D eigenvalue weighted by Gasteiger charge is -2.00. The van der Waals surface area contributed by atoms with Gasteiger partial charge >= 0.3 is 6.03 Å². The predicted molar refractivity (Wildman–Crippen MR) is 69.4 cm³/mol. The number of carbonyl (C=O) groups excluding carboxylic acids is 2. The zero-order valence-electron chi connectivity index (χ0n) is 9.79. The molecule has 0 aliphatic carbocycles. The van der Waals surface area contributed by atoms with Crippen LogP contribution in [-0.4, -0.2) is 16.9 Å². The van der Waals surface area contributed by atoms with Crippen molar-refractivity contribution in [2.45, 2.75) is 0 Å². The number of nitrogens with zero attached hydrogens (tertiary/aromatic N) is 2. The van der Waals surface area contributed by atoms with E-state index < -0.39 is 22.4 Å². The number of nitro benzene ring substituents is 1. The number of primary amides is 1. The number of urea groups is 1. The molecule has 0 saturated carbocycles. The van der Waals surface area contributed by atoms with Crippen molar-refractivity contribution < 1.29 is 14.5 Å². The highest BCUT2D eigenvalue weighted by Gasteiger charge is 2.14. The molecule has 9 heteroatoms. The molecule has 8 nitrogen and oxygen atoms in total. The minimum atomic E-state index is -1.11. The largest absolute Gasteiger partial charge is 0.351 e. The summed E-state index contributed by atoms with van der Waals surface area (Å²) in [6.45, 7) is 0. The monoisotopic (exact) mass is 294 g/mol. The van der Waals surface area contributed by atoms with Crippen LogP contribution in [0.25, 0.3) is 6.08 Å². The first kappa shape index (κ1) is 15.1. The zero-order valence-corrected chi connectivity index (χ0v) is 10.5. The third-order valence-electron chi connectivity index (χ3n) is 2.08. The van der Waals surface area contributed by atoms with Gasteiger partial charge in [-0.25, -0.2) is 4.79 Å². The van der Waals surface area contributed by atoms with Crippen LogP contribution < -0.4 is 11.1 Å². The van der Waals surface area contributed by atoms with E-state index in [1.807, 2.05) is 0 Å². The maximum Gasteiger partial charge on any atom is 0.319 e. The molecule has 0 bridgehead atoms. The van der Waals surface area contributed by atoms with E-state index in [4.69, 9.17) is 22.6 Å². The SMILES string of the molecule is N#C/C(=C/c1ccc(Cl)c([N+](=O)[O-])c1)C(=O)NC(N)=O. The van der Waals surface area contributed by atoms with Gasteiger partial charge in [-0.1, -0.05) is 17.7 Å². The fourth-order valence-electron chi connectivity index (χ4n) is 1.25. The molecule has 0 heterocycles. The van der Waals surface area contributed by atoms with E-state index in [2.05, 4.69) is 0 Å². The summed E-state index contributed by atoms with van der Waals surface area (Å²) in [6.07, 6.45) is 1.07. The zero-order chi connectivity index (χ0) is 15.3. The second kappa shape index (κ2) is 6.31. The molecule has 0 aliphatic heterocycles. The van der Waals surface area contributed by atoms with Gasteiger partial charge in [0, 0.05) is 6.07 Å². The Labute approximate surface area is 117 Å². The van der Waals surface area contributed by atoms with Gasteiger partial charge in [-0.2, -0.15) is 5.26 Å². The number of hydrogen-bond donors (Lipinski definition) is 2. The third kappa shape index (κ3) is 3.79. The van der Waals surface area contributed by atoms with Crippen molar-refractivity contribution in [1.29, 1.82) is 5.26 Å². The van der Waals surface area contributed by atoms with Crippen molar-refractivity contribution in [3.05, 3.63) is 44.5 Å². The Balaban J connectivity index is 3.17. The van der Waals surface area contributed by atoms with Gasteiger partial charge in [-0.3, -0.25) is 20.2 Å². The van der Waals surface area contributed by atoms with Crippen molar-refractivity contribution in [2.24, 2.45) is 5.73 Å². The van der Waals surface area contributed by atoms with E-state index >= 15 is 0 Å². The number of nitro groups is 1. The van der Waals surface area contributed by atoms with E-state index in [1.54, 1.807) is 11.4 Å². The molecular formula is C11H7ClN4O4. The maximum atomic E-state index is 11.4. The van der Waals surface area contributed by atoms with Crippen molar-refractivity contribution in [3.63, 3.8) is 0 Å². The van der Waals surface area contributed by atoms with E-state index in [0.29, 0.717) is 0 Å². The molecule has 3 N–H and O–H groups in total. The van der Waals surface area contributed by atoms with Crippen LogP contribution in [0.5, 0.6) is 0 Å². The van der Waals surface area contributed by atoms with Crippen molar-refractivity contribution in [1.82, 2.24) is 5.32 Å². The number of benzene rings is 1. The van der Waals surface area contributed by atoms with Crippen LogP contribution in [0.1, 0.15) is 5.56 Å². The Morgan fingerprint density at radius 2 is 2.15 bits per heavy atom. The Morgan fingerprint density at radius 3 is 2.65 bits per heavy atom. The summed E-state index contributed by atoms with van der Waals surface area (Å²) in [4.78, 5) is 31.9. The Bertz CT molecular complexity index is 663. The van der Waals surface area contributed by atoms with Crippen LogP contribution in [0.15, 0.2) is 23.8 Å². The molecule has 0 saturated heterocycles. The molecule has 0 unspecified atom stereocenters. The average Bonchev–Trinajstić information content (AvgIpc) is 2.36. The third-order valence-corrected chi connectivity index (χ3v) is 2.40. The number of hydrogen-bond acceptors (Lipinski definition) is 5. The van der Waals surface area contributed by atoms with Crippen LogP contribution in [0.3, 0.4) is 0 Å². The Morgan fingerprint density at radius 1 is 1.50 bits per heavy atom. The van der Waals surface area contributed by atoms with E-state index in [9.17, 15) is 19.7 Å². The van der Waals surface area contributed by atoms with Crippen LogP contribution in [0, 0.1) is 21.4 Å². The minimum absolute atomic E-state index is 0.0766. The molecule has 0 aromatic heterocycles. The molecule has 1 aromatic rings. The molecule has 0 aliphatic rings. The highest BCUT2D eigenvalue weighted by molar-refractivity contribution is 6.32. The van der Waals surface area contributed by atoms with Crippen LogP contribution in [0.2, 0.25) is 5.02 Å². The standard InChI is InChI=1S/C11H7ClN4O4/c12-8-2-1-6(4-9(8)16(19)20)3-7(5-13)10(17)15-11(14)18/h1-4H,(H3,14,15,17,18)/b7-3-. The average molecular weight is 295 g/mol. The van der Waals surface area contributed by atoms with Gasteiger partial charge in [-0.05, 0) is 17.7 Å². The van der Waals surface area contributed by atoms with Crippen LogP contribution in [-0.2, 0) is 4.79 Å². The summed E-state index contributed by atoms with van der Waals surface area (Å²) in [5.41, 5.74) is 4.16. The van der Waals surface area contributed by atoms with E-state index in [0.717, 1.165) is 12.1 Å². The topological polar surface area (TPSA) is 139 Å². The lowest BCUT2D eigenvalue weighted by atomic mass is 10.1. The second-order valence-electron chi connectivity index (χ2n) is 3.46. The number of amides is 3. The number of nitrogens with one attached hydrogen (secondary N) is 1. The first-order chi connectivity index (χ1) is 9.35. The lowest BCUT2D eigenvalue weighted by Crippen LogP contribution is -2.35. The number of rotatable bonds is 3. The van der Waals surface area contributed by atoms with Gasteiger partial charge in [0.2, 0.25) is 0 Å². The highest BCUT2D eigenvalue weighted by Crippen LogP contribution is 2.26. The molecule has 0 spiro atoms. The number of nitriles is 1. The quantitative estimate of drug-likeness (QED) is 0.375. The molecule has 0 fully saturated rings. The number of carbonyl (C=O) groups is 2. The molecule has 102 valence electrons. The summed E-state index contributed by atoms with van der Waals surface area (Å²) >= 11 is 5.63. The lowest BCUT2D eigenvalue weighted by molar-refractivity contribution is -0.384. The fourth-order valence-corrected chi connectivity index (χ4v) is 1.44. The first-order valence-corrected chi connectivity index (χ1v) is 5.39. The molecule has 1 aromatic carbocycles. The molecule has 0 atom stereocenters. The summed E-state index contributed by atoms with van der Waals surface area (Å²) in [5, 5.41) is 21.2. The fraction of sp³-hybridized carbons (Fsp3) is 0. The van der Waals surface area contributed by atoms with E-state index in [1.165, 1.54) is 12.1 Å². The predicted octanol–water partition coefficient (Wildman–Crippen LogP) is 1.35. The first-order valence-electron chi connectivity index (χ1n) is 5.01. The summed E-state index contributed by atoms with van der Waals surface area (Å²) in [6, 6.07) is 4.17. The summed E-state index contributed by atoms with van der Waals surface area (Å²) in [7, 11) is 0. The van der Waals surface area contributed by atoms with E-state index in [-0.39, 0.29) is 16.3 Å². The molecule has 20 heavy (non-hydrogen) atoms. The van der Waals surface area contributed by atoms with Crippen molar-refractivity contribution in [3.8, 4) is 6.07 Å². The number of nitrogens with two attached hydrogens (primary N) is 1. The van der Waals surface area contributed by atoms with Gasteiger partial charge in [0.25, 0.3) is 11.6 Å². The van der Waals surface area contributed by atoms with Gasteiger partial charge in [0.1, 0.15) is 16.7 Å². The summed E-state index contributed by atoms with van der Waals surface area (Å²) < 4.78 is 0. The van der Waals surface area contributed by atoms with Crippen LogP contribution in [0.4, 0.5) is 10.5 Å². The maximum absolute atomic E-state index is 11.4. The number of halogens is 1. The second-order valence-corrected chi connectivity index (χ2v) is 3.86. The molecule has 3 amide bonds. The van der Waals surface area contributed by atoms with Gasteiger partial charge < -0.3 is 5.73 Å². The molecular weight excluding hydrogens is 288 g/mol. The molecule has 0 radical (unpaired) electrons. The molecule has 1 rings (SSSR count). The number of imide groups is 1. The normalized spacial score (nSPS) is 10.5.